The lowest BCUT2D eigenvalue weighted by Gasteiger charge is -2.39. The number of ketones is 1. The first-order valence-electron chi connectivity index (χ1n) is 21.8. The normalized spacial score (nSPS) is 19.8. The van der Waals surface area contributed by atoms with Gasteiger partial charge < -0.3 is 38.8 Å². The first-order valence-corrected chi connectivity index (χ1v) is 21.8. The van der Waals surface area contributed by atoms with Crippen LogP contribution in [-0.4, -0.2) is 78.1 Å². The number of carbonyl (C=O) groups excluding carboxylic acids is 2. The fourth-order valence-corrected chi connectivity index (χ4v) is 9.87. The van der Waals surface area contributed by atoms with Gasteiger partial charge in [-0.15, -0.1) is 0 Å². The monoisotopic (exact) mass is 833 g/mol. The fourth-order valence-electron chi connectivity index (χ4n) is 9.87. The number of rotatable bonds is 12. The van der Waals surface area contributed by atoms with Gasteiger partial charge in [0, 0.05) is 72.2 Å². The zero-order valence-corrected chi connectivity index (χ0v) is 36.1. The third-order valence-corrected chi connectivity index (χ3v) is 13.1. The number of piperidine rings is 1. The van der Waals surface area contributed by atoms with Crippen LogP contribution in [-0.2, 0) is 30.0 Å². The Hall–Kier alpha value is -6.26. The highest BCUT2D eigenvalue weighted by molar-refractivity contribution is 6.10. The summed E-state index contributed by atoms with van der Waals surface area (Å²) in [6, 6.07) is 32.6. The van der Waals surface area contributed by atoms with Crippen LogP contribution in [0.3, 0.4) is 0 Å². The number of nitrogens with one attached hydrogen (secondary N) is 1. The summed E-state index contributed by atoms with van der Waals surface area (Å²) >= 11 is 0. The highest BCUT2D eigenvalue weighted by Gasteiger charge is 2.44. The van der Waals surface area contributed by atoms with Crippen LogP contribution in [0.5, 0.6) is 11.5 Å². The molecule has 3 aliphatic heterocycles. The summed E-state index contributed by atoms with van der Waals surface area (Å²) in [6.07, 6.45) is 5.91. The summed E-state index contributed by atoms with van der Waals surface area (Å²) < 4.78 is 30.5. The van der Waals surface area contributed by atoms with E-state index < -0.39 is 11.7 Å². The largest absolute Gasteiger partial charge is 0.495 e. The maximum atomic E-state index is 12.6. The maximum absolute atomic E-state index is 12.6. The molecule has 1 N–H and O–H groups in total. The van der Waals surface area contributed by atoms with Crippen LogP contribution in [0, 0.1) is 5.92 Å². The molecule has 2 fully saturated rings. The van der Waals surface area contributed by atoms with E-state index in [1.165, 1.54) is 34.9 Å². The van der Waals surface area contributed by atoms with Crippen molar-refractivity contribution in [1.82, 2.24) is 5.32 Å². The Balaban J connectivity index is 1.10. The minimum Gasteiger partial charge on any atom is -0.495 e. The van der Waals surface area contributed by atoms with Gasteiger partial charge >= 0.3 is 6.09 Å². The van der Waals surface area contributed by atoms with Crippen molar-refractivity contribution < 1.29 is 33.3 Å². The van der Waals surface area contributed by atoms with Gasteiger partial charge in [0.2, 0.25) is 0 Å². The van der Waals surface area contributed by atoms with Gasteiger partial charge in [-0.1, -0.05) is 93.2 Å². The average Bonchev–Trinajstić information content (AvgIpc) is 3.56. The number of morpholine rings is 1. The van der Waals surface area contributed by atoms with Crippen molar-refractivity contribution in [3.8, 4) is 22.6 Å². The van der Waals surface area contributed by atoms with E-state index >= 15 is 0 Å². The first-order chi connectivity index (χ1) is 30.1. The van der Waals surface area contributed by atoms with Gasteiger partial charge in [0.1, 0.15) is 18.1 Å². The highest BCUT2D eigenvalue weighted by atomic mass is 16.5. The summed E-state index contributed by atoms with van der Waals surface area (Å²) in [7, 11) is 1.73. The van der Waals surface area contributed by atoms with E-state index in [1.807, 2.05) is 6.07 Å². The molecule has 3 heterocycles. The number of nitrogens with zero attached hydrogens (tertiary/aromatic N) is 2. The molecule has 0 bridgehead atoms. The van der Waals surface area contributed by atoms with Gasteiger partial charge in [-0.2, -0.15) is 0 Å². The molecule has 1 aliphatic carbocycles. The number of benzene rings is 5. The Labute approximate surface area is 364 Å². The molecule has 5 aromatic carbocycles. The SMILES string of the molecule is C=C(OCCNC(=O)OCC1CCCN(c2cc3c4c(c5c(c3cc2OC)O[C@](c2ccccc2)(c2ccc(N3CCOCC3)cc2)C=C5)C(C)(C)c2ccccc2-4)C1)C(C)=O. The number of methoxy groups -OCH3 is 1. The summed E-state index contributed by atoms with van der Waals surface area (Å²) in [5.74, 6) is 1.54. The first kappa shape index (κ1) is 41.1. The zero-order valence-electron chi connectivity index (χ0n) is 36.1. The third kappa shape index (κ3) is 7.44. The van der Waals surface area contributed by atoms with E-state index in [9.17, 15) is 9.59 Å². The van der Waals surface area contributed by atoms with Crippen molar-refractivity contribution in [2.45, 2.75) is 44.6 Å². The molecule has 2 saturated heterocycles. The van der Waals surface area contributed by atoms with E-state index in [4.69, 9.17) is 23.7 Å². The predicted octanol–water partition coefficient (Wildman–Crippen LogP) is 9.40. The van der Waals surface area contributed by atoms with Crippen molar-refractivity contribution in [2.24, 2.45) is 5.92 Å². The number of allylic oxidation sites excluding steroid dienone is 1. The van der Waals surface area contributed by atoms with Gasteiger partial charge in [-0.3, -0.25) is 4.79 Å². The molecule has 9 rings (SSSR count). The van der Waals surface area contributed by atoms with Crippen molar-refractivity contribution in [2.75, 3.05) is 76.1 Å². The van der Waals surface area contributed by atoms with Crippen molar-refractivity contribution in [3.05, 3.63) is 137 Å². The second-order valence-corrected chi connectivity index (χ2v) is 17.2. The molecule has 1 unspecified atom stereocenters. The van der Waals surface area contributed by atoms with Crippen LogP contribution in [0.15, 0.2) is 109 Å². The Bertz CT molecular complexity index is 2540. The molecule has 0 spiro atoms. The number of alkyl carbamates (subject to hydrolysis) is 1. The predicted molar refractivity (Wildman–Crippen MR) is 244 cm³/mol. The van der Waals surface area contributed by atoms with Crippen molar-refractivity contribution >= 4 is 40.1 Å². The van der Waals surface area contributed by atoms with Gasteiger partial charge in [-0.25, -0.2) is 4.79 Å². The Morgan fingerprint density at radius 3 is 2.39 bits per heavy atom. The summed E-state index contributed by atoms with van der Waals surface area (Å²) in [6.45, 7) is 15.0. The summed E-state index contributed by atoms with van der Waals surface area (Å²) in [5, 5.41) is 4.81. The molecule has 10 heteroatoms. The molecule has 1 amide bonds. The number of carbonyl (C=O) groups is 2. The van der Waals surface area contributed by atoms with E-state index in [-0.39, 0.29) is 42.6 Å². The van der Waals surface area contributed by atoms with E-state index in [0.717, 1.165) is 90.3 Å². The van der Waals surface area contributed by atoms with Gasteiger partial charge in [0.15, 0.2) is 17.1 Å². The second kappa shape index (κ2) is 16.9. The van der Waals surface area contributed by atoms with E-state index in [2.05, 4.69) is 133 Å². The van der Waals surface area contributed by atoms with Crippen molar-refractivity contribution in [3.63, 3.8) is 0 Å². The molecule has 0 radical (unpaired) electrons. The number of fused-ring (bicyclic) bond motifs is 8. The minimum absolute atomic E-state index is 0.0690. The number of hydrogen-bond acceptors (Lipinski definition) is 9. The lowest BCUT2D eigenvalue weighted by Crippen LogP contribution is -2.39. The summed E-state index contributed by atoms with van der Waals surface area (Å²) in [5.41, 5.74) is 9.16. The minimum atomic E-state index is -0.900. The maximum Gasteiger partial charge on any atom is 0.407 e. The van der Waals surface area contributed by atoms with Crippen LogP contribution in [0.4, 0.5) is 16.2 Å². The molecule has 0 saturated carbocycles. The molecule has 320 valence electrons. The van der Waals surface area contributed by atoms with Gasteiger partial charge in [0.05, 0.1) is 39.2 Å². The lowest BCUT2D eigenvalue weighted by molar-refractivity contribution is -0.116. The molecule has 62 heavy (non-hydrogen) atoms. The van der Waals surface area contributed by atoms with Gasteiger partial charge in [0.25, 0.3) is 0 Å². The Morgan fingerprint density at radius 2 is 1.63 bits per heavy atom. The van der Waals surface area contributed by atoms with Crippen LogP contribution < -0.4 is 24.6 Å². The van der Waals surface area contributed by atoms with Crippen LogP contribution >= 0.6 is 0 Å². The van der Waals surface area contributed by atoms with Crippen LogP contribution in [0.1, 0.15) is 61.4 Å². The van der Waals surface area contributed by atoms with Gasteiger partial charge in [-0.05, 0) is 70.8 Å². The Morgan fingerprint density at radius 1 is 0.887 bits per heavy atom. The number of ether oxygens (including phenoxy) is 5. The molecule has 10 nitrogen and oxygen atoms in total. The third-order valence-electron chi connectivity index (χ3n) is 13.1. The van der Waals surface area contributed by atoms with E-state index in [1.54, 1.807) is 7.11 Å². The molecule has 4 aliphatic rings. The number of amides is 1. The average molecular weight is 834 g/mol. The Kier molecular flexibility index (Phi) is 11.2. The number of hydrogen-bond donors (Lipinski definition) is 1. The van der Waals surface area contributed by atoms with Crippen LogP contribution in [0.25, 0.3) is 28.0 Å². The number of Topliss-reactive ketones (excluding diaryl/α,β-unsaturated/α-hetero) is 1. The van der Waals surface area contributed by atoms with E-state index in [0.29, 0.717) is 6.54 Å². The topological polar surface area (TPSA) is 98.8 Å². The highest BCUT2D eigenvalue weighted by Crippen LogP contribution is 2.59. The molecule has 5 aromatic rings. The summed E-state index contributed by atoms with van der Waals surface area (Å²) in [4.78, 5) is 28.7. The lowest BCUT2D eigenvalue weighted by atomic mass is 9.76. The molecule has 0 aromatic heterocycles. The van der Waals surface area contributed by atoms with Crippen molar-refractivity contribution in [1.29, 1.82) is 0 Å². The molecular formula is C52H55N3O7. The second-order valence-electron chi connectivity index (χ2n) is 17.2. The zero-order chi connectivity index (χ0) is 43.0. The quantitative estimate of drug-likeness (QED) is 0.0749. The molecule has 2 atom stereocenters. The number of anilines is 2. The molecular weight excluding hydrogens is 779 g/mol. The van der Waals surface area contributed by atoms with Crippen LogP contribution in [0.2, 0.25) is 0 Å². The smallest absolute Gasteiger partial charge is 0.407 e. The fraction of sp³-hybridized carbons (Fsp3) is 0.346. The standard InChI is InChI=1S/C52H55N3O7/c1-34(56)35(2)60-27-23-53-50(57)61-33-36-12-11-24-55(32-36)45-30-42-43(31-46(45)58-5)49-41(48-47(42)40-15-9-10-16-44(40)51(48,3)4)21-22-52(62-49,37-13-7-6-8-14-37)38-17-19-39(20-18-38)54-25-28-59-29-26-54/h6-10,13-22,30-31,36H,2,11-12,23-29,32-33H2,1,3-5H3,(H,53,57)/t36?,52-/m1/s1.